The predicted octanol–water partition coefficient (Wildman–Crippen LogP) is 6.12. The van der Waals surface area contributed by atoms with E-state index in [0.29, 0.717) is 6.42 Å². The van der Waals surface area contributed by atoms with Gasteiger partial charge in [0.1, 0.15) is 5.01 Å². The number of carbonyl (C=O) groups excluding carboxylic acids is 1. The summed E-state index contributed by atoms with van der Waals surface area (Å²) in [6.07, 6.45) is 2.20. The molecule has 4 aromatic rings. The molecule has 3 nitrogen and oxygen atoms in total. The van der Waals surface area contributed by atoms with Gasteiger partial charge in [0.2, 0.25) is 0 Å². The highest BCUT2D eigenvalue weighted by Gasteiger charge is 2.09. The number of hydrogen-bond acceptors (Lipinski definition) is 4. The molecule has 0 saturated carbocycles. The molecule has 1 heterocycles. The summed E-state index contributed by atoms with van der Waals surface area (Å²) < 4.78 is 1.15. The van der Waals surface area contributed by atoms with Gasteiger partial charge in [-0.15, -0.1) is 11.3 Å². The summed E-state index contributed by atoms with van der Waals surface area (Å²) >= 11 is 1.69. The van der Waals surface area contributed by atoms with Crippen LogP contribution in [0.5, 0.6) is 0 Å². The average molecular weight is 413 g/mol. The van der Waals surface area contributed by atoms with E-state index >= 15 is 0 Å². The molecular formula is C26H24N2OS. The van der Waals surface area contributed by atoms with E-state index in [9.17, 15) is 4.79 Å². The maximum absolute atomic E-state index is 12.4. The molecule has 0 atom stereocenters. The van der Waals surface area contributed by atoms with Gasteiger partial charge >= 0.3 is 0 Å². The lowest BCUT2D eigenvalue weighted by Gasteiger charge is -2.07. The zero-order valence-corrected chi connectivity index (χ0v) is 18.3. The van der Waals surface area contributed by atoms with Crippen molar-refractivity contribution in [2.45, 2.75) is 27.2 Å². The number of hydrogen-bond donors (Lipinski definition) is 0. The lowest BCUT2D eigenvalue weighted by molar-refractivity contribution is -0.117. The van der Waals surface area contributed by atoms with Crippen molar-refractivity contribution in [3.05, 3.63) is 88.5 Å². The molecule has 1 aromatic heterocycles. The summed E-state index contributed by atoms with van der Waals surface area (Å²) in [4.78, 5) is 21.5. The standard InChI is InChI=1S/C26H24N2OS/c1-17-7-10-21(11-8-17)26-28-24-13-20(9-12-25(24)30-26)15-27-16-22(29)14-23-18(2)5-4-6-19(23)3/h4-13,15H,14,16H2,1-3H3. The highest BCUT2D eigenvalue weighted by molar-refractivity contribution is 7.21. The van der Waals surface area contributed by atoms with Crippen LogP contribution in [-0.2, 0) is 11.2 Å². The molecule has 0 radical (unpaired) electrons. The maximum atomic E-state index is 12.4. The lowest BCUT2D eigenvalue weighted by atomic mass is 9.98. The second-order valence-corrected chi connectivity index (χ2v) is 8.70. The molecule has 4 heteroatoms. The molecule has 0 spiro atoms. The van der Waals surface area contributed by atoms with Gasteiger partial charge in [-0.25, -0.2) is 4.98 Å². The van der Waals surface area contributed by atoms with Crippen LogP contribution in [0.15, 0.2) is 65.7 Å². The zero-order chi connectivity index (χ0) is 21.1. The number of fused-ring (bicyclic) bond motifs is 1. The van der Waals surface area contributed by atoms with E-state index in [2.05, 4.69) is 42.2 Å². The Hall–Kier alpha value is -3.11. The van der Waals surface area contributed by atoms with E-state index in [1.807, 2.05) is 44.2 Å². The van der Waals surface area contributed by atoms with Crippen molar-refractivity contribution < 1.29 is 4.79 Å². The molecule has 0 aliphatic rings. The van der Waals surface area contributed by atoms with Gasteiger partial charge in [-0.05, 0) is 55.2 Å². The van der Waals surface area contributed by atoms with E-state index in [1.54, 1.807) is 17.6 Å². The summed E-state index contributed by atoms with van der Waals surface area (Å²) in [5.41, 5.74) is 7.73. The van der Waals surface area contributed by atoms with E-state index < -0.39 is 0 Å². The van der Waals surface area contributed by atoms with Crippen LogP contribution in [0, 0.1) is 20.8 Å². The Bertz CT molecular complexity index is 1220. The molecule has 4 rings (SSSR count). The number of Topliss-reactive ketones (excluding diaryl/α,β-unsaturated/α-hetero) is 1. The zero-order valence-electron chi connectivity index (χ0n) is 17.5. The largest absolute Gasteiger partial charge is 0.297 e. The maximum Gasteiger partial charge on any atom is 0.158 e. The van der Waals surface area contributed by atoms with Crippen molar-refractivity contribution in [1.29, 1.82) is 0 Å². The van der Waals surface area contributed by atoms with Crippen molar-refractivity contribution in [2.75, 3.05) is 6.54 Å². The Labute approximate surface area is 181 Å². The van der Waals surface area contributed by atoms with E-state index in [1.165, 1.54) is 5.56 Å². The van der Waals surface area contributed by atoms with Gasteiger partial charge in [-0.2, -0.15) is 0 Å². The molecule has 0 saturated heterocycles. The molecule has 0 bridgehead atoms. The molecular weight excluding hydrogens is 388 g/mol. The number of aromatic nitrogens is 1. The average Bonchev–Trinajstić information content (AvgIpc) is 3.15. The number of carbonyl (C=O) groups is 1. The Morgan fingerprint density at radius 3 is 2.47 bits per heavy atom. The highest BCUT2D eigenvalue weighted by atomic mass is 32.1. The first-order valence-corrected chi connectivity index (χ1v) is 10.9. The van der Waals surface area contributed by atoms with Crippen molar-refractivity contribution in [3.8, 4) is 10.6 Å². The molecule has 0 amide bonds. The number of aliphatic imine (C=N–C) groups is 1. The molecule has 0 aliphatic carbocycles. The summed E-state index contributed by atoms with van der Waals surface area (Å²) in [6, 6.07) is 20.7. The third kappa shape index (κ3) is 4.55. The Morgan fingerprint density at radius 2 is 1.73 bits per heavy atom. The third-order valence-electron chi connectivity index (χ3n) is 5.24. The normalized spacial score (nSPS) is 11.4. The monoisotopic (exact) mass is 412 g/mol. The Morgan fingerprint density at radius 1 is 1.00 bits per heavy atom. The number of ketones is 1. The minimum atomic E-state index is 0.125. The van der Waals surface area contributed by atoms with Crippen LogP contribution in [0.4, 0.5) is 0 Å². The van der Waals surface area contributed by atoms with Crippen LogP contribution in [0.25, 0.3) is 20.8 Å². The predicted molar refractivity (Wildman–Crippen MR) is 127 cm³/mol. The fourth-order valence-corrected chi connectivity index (χ4v) is 4.43. The summed E-state index contributed by atoms with van der Waals surface area (Å²) in [7, 11) is 0. The van der Waals surface area contributed by atoms with Crippen LogP contribution < -0.4 is 0 Å². The van der Waals surface area contributed by atoms with Crippen LogP contribution in [0.3, 0.4) is 0 Å². The SMILES string of the molecule is Cc1ccc(-c2nc3cc(C=NCC(=O)Cc4c(C)cccc4C)ccc3s2)cc1. The second-order valence-electron chi connectivity index (χ2n) is 7.67. The molecule has 0 aliphatic heterocycles. The Balaban J connectivity index is 1.45. The van der Waals surface area contributed by atoms with Crippen LogP contribution in [0.1, 0.15) is 27.8 Å². The summed E-state index contributed by atoms with van der Waals surface area (Å²) in [5, 5.41) is 1.02. The molecule has 3 aromatic carbocycles. The van der Waals surface area contributed by atoms with Crippen molar-refractivity contribution >= 4 is 33.6 Å². The first-order valence-electron chi connectivity index (χ1n) is 10.0. The number of benzene rings is 3. The molecule has 30 heavy (non-hydrogen) atoms. The Kier molecular flexibility index (Phi) is 5.86. The van der Waals surface area contributed by atoms with Crippen molar-refractivity contribution in [1.82, 2.24) is 4.98 Å². The van der Waals surface area contributed by atoms with Gasteiger partial charge in [-0.3, -0.25) is 9.79 Å². The minimum absolute atomic E-state index is 0.125. The smallest absolute Gasteiger partial charge is 0.158 e. The fourth-order valence-electron chi connectivity index (χ4n) is 3.48. The van der Waals surface area contributed by atoms with Gasteiger partial charge in [-0.1, -0.05) is 54.1 Å². The van der Waals surface area contributed by atoms with Gasteiger partial charge in [0.05, 0.1) is 16.8 Å². The number of thiazole rings is 1. The van der Waals surface area contributed by atoms with Crippen LogP contribution in [-0.4, -0.2) is 23.5 Å². The third-order valence-corrected chi connectivity index (χ3v) is 6.32. The topological polar surface area (TPSA) is 42.3 Å². The molecule has 0 unspecified atom stereocenters. The summed E-state index contributed by atoms with van der Waals surface area (Å²) in [6.45, 7) is 6.37. The van der Waals surface area contributed by atoms with Crippen molar-refractivity contribution in [3.63, 3.8) is 0 Å². The van der Waals surface area contributed by atoms with E-state index in [0.717, 1.165) is 43.0 Å². The summed E-state index contributed by atoms with van der Waals surface area (Å²) in [5.74, 6) is 0.125. The highest BCUT2D eigenvalue weighted by Crippen LogP contribution is 2.30. The van der Waals surface area contributed by atoms with Crippen molar-refractivity contribution in [2.24, 2.45) is 4.99 Å². The van der Waals surface area contributed by atoms with Gasteiger partial charge < -0.3 is 0 Å². The van der Waals surface area contributed by atoms with Crippen LogP contribution in [0.2, 0.25) is 0 Å². The first-order chi connectivity index (χ1) is 14.5. The van der Waals surface area contributed by atoms with Gasteiger partial charge in [0.25, 0.3) is 0 Å². The molecule has 0 fully saturated rings. The fraction of sp³-hybridized carbons (Fsp3) is 0.192. The van der Waals surface area contributed by atoms with Crippen LogP contribution >= 0.6 is 11.3 Å². The van der Waals surface area contributed by atoms with E-state index in [4.69, 9.17) is 4.98 Å². The van der Waals surface area contributed by atoms with E-state index in [-0.39, 0.29) is 12.3 Å². The number of rotatable bonds is 6. The minimum Gasteiger partial charge on any atom is -0.297 e. The molecule has 150 valence electrons. The number of aryl methyl sites for hydroxylation is 3. The second kappa shape index (κ2) is 8.72. The lowest BCUT2D eigenvalue weighted by Crippen LogP contribution is -2.09. The number of nitrogens with zero attached hydrogens (tertiary/aromatic N) is 2. The molecule has 0 N–H and O–H groups in total. The first kappa shape index (κ1) is 20.2. The quantitative estimate of drug-likeness (QED) is 0.358. The van der Waals surface area contributed by atoms with Gasteiger partial charge in [0, 0.05) is 18.2 Å². The van der Waals surface area contributed by atoms with Gasteiger partial charge in [0.15, 0.2) is 5.78 Å².